The van der Waals surface area contributed by atoms with Crippen molar-refractivity contribution in [1.29, 1.82) is 5.26 Å². The Bertz CT molecular complexity index is 589. The number of sulfonamides is 1. The molecular formula is C14H20N2O3S. The van der Waals surface area contributed by atoms with Crippen LogP contribution in [0.1, 0.15) is 25.0 Å². The Hall–Kier alpha value is -1.42. The van der Waals surface area contributed by atoms with Gasteiger partial charge in [-0.05, 0) is 30.5 Å². The molecule has 0 aliphatic rings. The van der Waals surface area contributed by atoms with Crippen LogP contribution in [0.25, 0.3) is 0 Å². The predicted molar refractivity (Wildman–Crippen MR) is 76.7 cm³/mol. The number of benzene rings is 1. The molecule has 0 heterocycles. The first kappa shape index (κ1) is 16.6. The molecule has 1 N–H and O–H groups in total. The maximum absolute atomic E-state index is 12.1. The lowest BCUT2D eigenvalue weighted by Crippen LogP contribution is -2.28. The lowest BCUT2D eigenvalue weighted by Gasteiger charge is -2.10. The third-order valence-electron chi connectivity index (χ3n) is 2.60. The summed E-state index contributed by atoms with van der Waals surface area (Å²) in [5.41, 5.74) is 0.937. The van der Waals surface area contributed by atoms with Crippen LogP contribution in [0.2, 0.25) is 0 Å². The topological polar surface area (TPSA) is 79.2 Å². The van der Waals surface area contributed by atoms with Gasteiger partial charge in [0.2, 0.25) is 10.0 Å². The largest absolute Gasteiger partial charge is 0.380 e. The molecule has 20 heavy (non-hydrogen) atoms. The standard InChI is InChI=1S/C14H20N2O3S/c1-11(2)10-19-7-6-16-20(17,18)14-8-13(9-15)5-4-12(14)3/h4-5,8,11,16H,6-7,10H2,1-3H3. The van der Waals surface area contributed by atoms with Crippen molar-refractivity contribution in [2.45, 2.75) is 25.7 Å². The van der Waals surface area contributed by atoms with Gasteiger partial charge in [-0.25, -0.2) is 13.1 Å². The second kappa shape index (κ2) is 7.39. The molecule has 1 aromatic carbocycles. The lowest BCUT2D eigenvalue weighted by molar-refractivity contribution is 0.114. The Morgan fingerprint density at radius 3 is 2.70 bits per heavy atom. The normalized spacial score (nSPS) is 11.6. The van der Waals surface area contributed by atoms with E-state index >= 15 is 0 Å². The van der Waals surface area contributed by atoms with Crippen molar-refractivity contribution in [1.82, 2.24) is 4.72 Å². The van der Waals surface area contributed by atoms with Crippen molar-refractivity contribution in [3.05, 3.63) is 29.3 Å². The minimum atomic E-state index is -3.61. The maximum atomic E-state index is 12.1. The van der Waals surface area contributed by atoms with Crippen LogP contribution in [0, 0.1) is 24.2 Å². The zero-order valence-electron chi connectivity index (χ0n) is 12.0. The highest BCUT2D eigenvalue weighted by Crippen LogP contribution is 2.16. The van der Waals surface area contributed by atoms with Crippen LogP contribution in [-0.4, -0.2) is 28.2 Å². The second-order valence-electron chi connectivity index (χ2n) is 4.96. The highest BCUT2D eigenvalue weighted by atomic mass is 32.2. The summed E-state index contributed by atoms with van der Waals surface area (Å²) in [5, 5.41) is 8.83. The first-order chi connectivity index (χ1) is 9.36. The zero-order chi connectivity index (χ0) is 15.2. The van der Waals surface area contributed by atoms with E-state index in [0.29, 0.717) is 30.3 Å². The predicted octanol–water partition coefficient (Wildman–Crippen LogP) is 1.82. The number of hydrogen-bond acceptors (Lipinski definition) is 4. The Labute approximate surface area is 120 Å². The van der Waals surface area contributed by atoms with Gasteiger partial charge in [0.25, 0.3) is 0 Å². The van der Waals surface area contributed by atoms with E-state index in [-0.39, 0.29) is 11.4 Å². The van der Waals surface area contributed by atoms with Gasteiger partial charge in [0, 0.05) is 13.2 Å². The maximum Gasteiger partial charge on any atom is 0.240 e. The number of nitriles is 1. The third kappa shape index (κ3) is 4.93. The molecule has 1 rings (SSSR count). The minimum absolute atomic E-state index is 0.139. The fourth-order valence-corrected chi connectivity index (χ4v) is 2.89. The van der Waals surface area contributed by atoms with E-state index in [4.69, 9.17) is 10.00 Å². The molecule has 1 aromatic rings. The van der Waals surface area contributed by atoms with Crippen LogP contribution in [0.15, 0.2) is 23.1 Å². The van der Waals surface area contributed by atoms with Gasteiger partial charge in [0.15, 0.2) is 0 Å². The fraction of sp³-hybridized carbons (Fsp3) is 0.500. The van der Waals surface area contributed by atoms with Crippen LogP contribution in [-0.2, 0) is 14.8 Å². The molecule has 5 nitrogen and oxygen atoms in total. The van der Waals surface area contributed by atoms with Gasteiger partial charge in [0.05, 0.1) is 23.1 Å². The number of aryl methyl sites for hydroxylation is 1. The number of hydrogen-bond donors (Lipinski definition) is 1. The molecule has 0 aliphatic carbocycles. The molecular weight excluding hydrogens is 276 g/mol. The van der Waals surface area contributed by atoms with Crippen molar-refractivity contribution >= 4 is 10.0 Å². The smallest absolute Gasteiger partial charge is 0.240 e. The molecule has 6 heteroatoms. The molecule has 0 spiro atoms. The third-order valence-corrected chi connectivity index (χ3v) is 4.20. The van der Waals surface area contributed by atoms with Gasteiger partial charge < -0.3 is 4.74 Å². The first-order valence-corrected chi connectivity index (χ1v) is 7.93. The van der Waals surface area contributed by atoms with Gasteiger partial charge in [-0.2, -0.15) is 5.26 Å². The van der Waals surface area contributed by atoms with E-state index in [9.17, 15) is 8.42 Å². The molecule has 110 valence electrons. The van der Waals surface area contributed by atoms with Gasteiger partial charge in [0.1, 0.15) is 0 Å². The van der Waals surface area contributed by atoms with Gasteiger partial charge in [-0.3, -0.25) is 0 Å². The summed E-state index contributed by atoms with van der Waals surface area (Å²) in [5.74, 6) is 0.418. The average molecular weight is 296 g/mol. The van der Waals surface area contributed by atoms with Crippen LogP contribution < -0.4 is 4.72 Å². The number of nitrogens with zero attached hydrogens (tertiary/aromatic N) is 1. The Balaban J connectivity index is 2.67. The van der Waals surface area contributed by atoms with Crippen molar-refractivity contribution in [3.63, 3.8) is 0 Å². The highest BCUT2D eigenvalue weighted by molar-refractivity contribution is 7.89. The van der Waals surface area contributed by atoms with Crippen LogP contribution >= 0.6 is 0 Å². The second-order valence-corrected chi connectivity index (χ2v) is 6.69. The first-order valence-electron chi connectivity index (χ1n) is 6.45. The SMILES string of the molecule is Cc1ccc(C#N)cc1S(=O)(=O)NCCOCC(C)C. The molecule has 0 saturated heterocycles. The molecule has 0 saturated carbocycles. The zero-order valence-corrected chi connectivity index (χ0v) is 12.8. The van der Waals surface area contributed by atoms with Gasteiger partial charge >= 0.3 is 0 Å². The summed E-state index contributed by atoms with van der Waals surface area (Å²) in [4.78, 5) is 0.139. The molecule has 0 radical (unpaired) electrons. The summed E-state index contributed by atoms with van der Waals surface area (Å²) >= 11 is 0. The van der Waals surface area contributed by atoms with Gasteiger partial charge in [-0.1, -0.05) is 19.9 Å². The van der Waals surface area contributed by atoms with Gasteiger partial charge in [-0.15, -0.1) is 0 Å². The molecule has 0 bridgehead atoms. The Morgan fingerprint density at radius 2 is 2.10 bits per heavy atom. The van der Waals surface area contributed by atoms with E-state index in [0.717, 1.165) is 0 Å². The fourth-order valence-electron chi connectivity index (χ4n) is 1.60. The Morgan fingerprint density at radius 1 is 1.40 bits per heavy atom. The summed E-state index contributed by atoms with van der Waals surface area (Å²) in [6.07, 6.45) is 0. The van der Waals surface area contributed by atoms with Crippen LogP contribution in [0.4, 0.5) is 0 Å². The number of nitrogens with one attached hydrogen (secondary N) is 1. The lowest BCUT2D eigenvalue weighted by atomic mass is 10.2. The monoisotopic (exact) mass is 296 g/mol. The number of rotatable bonds is 7. The average Bonchev–Trinajstić information content (AvgIpc) is 2.38. The number of ether oxygens (including phenoxy) is 1. The van der Waals surface area contributed by atoms with E-state index in [1.54, 1.807) is 19.1 Å². The van der Waals surface area contributed by atoms with E-state index in [1.165, 1.54) is 6.07 Å². The Kier molecular flexibility index (Phi) is 6.14. The summed E-state index contributed by atoms with van der Waals surface area (Å²) < 4.78 is 32.1. The molecule has 0 unspecified atom stereocenters. The van der Waals surface area contributed by atoms with E-state index in [1.807, 2.05) is 19.9 Å². The molecule has 0 fully saturated rings. The van der Waals surface area contributed by atoms with E-state index < -0.39 is 10.0 Å². The molecule has 0 amide bonds. The molecule has 0 atom stereocenters. The minimum Gasteiger partial charge on any atom is -0.380 e. The van der Waals surface area contributed by atoms with Crippen molar-refractivity contribution in [2.24, 2.45) is 5.92 Å². The van der Waals surface area contributed by atoms with Crippen LogP contribution in [0.5, 0.6) is 0 Å². The summed E-state index contributed by atoms with van der Waals surface area (Å²) in [6.45, 7) is 6.90. The quantitative estimate of drug-likeness (QED) is 0.778. The van der Waals surface area contributed by atoms with Crippen molar-refractivity contribution in [3.8, 4) is 6.07 Å². The molecule has 0 aliphatic heterocycles. The summed E-state index contributed by atoms with van der Waals surface area (Å²) in [6, 6.07) is 6.54. The van der Waals surface area contributed by atoms with Crippen molar-refractivity contribution in [2.75, 3.05) is 19.8 Å². The highest BCUT2D eigenvalue weighted by Gasteiger charge is 2.16. The summed E-state index contributed by atoms with van der Waals surface area (Å²) in [7, 11) is -3.61. The van der Waals surface area contributed by atoms with E-state index in [2.05, 4.69) is 4.72 Å². The van der Waals surface area contributed by atoms with Crippen LogP contribution in [0.3, 0.4) is 0 Å². The molecule has 0 aromatic heterocycles. The van der Waals surface area contributed by atoms with Crippen molar-refractivity contribution < 1.29 is 13.2 Å².